The number of hydrogen-bond acceptors (Lipinski definition) is 3. The van der Waals surface area contributed by atoms with Crippen molar-refractivity contribution in [1.29, 1.82) is 0 Å². The molecule has 1 rings (SSSR count). The van der Waals surface area contributed by atoms with Gasteiger partial charge < -0.3 is 15.7 Å². The van der Waals surface area contributed by atoms with E-state index in [4.69, 9.17) is 22.4 Å². The first-order valence-corrected chi connectivity index (χ1v) is 8.57. The van der Waals surface area contributed by atoms with Gasteiger partial charge in [-0.05, 0) is 36.6 Å². The number of carbonyl (C=O) groups is 1. The summed E-state index contributed by atoms with van der Waals surface area (Å²) in [5, 5.41) is 9.67. The van der Waals surface area contributed by atoms with E-state index in [0.29, 0.717) is 12.3 Å². The van der Waals surface area contributed by atoms with Crippen LogP contribution in [0.1, 0.15) is 17.5 Å². The smallest absolute Gasteiger partial charge is 0.304 e. The maximum atomic E-state index is 10.7. The van der Waals surface area contributed by atoms with Crippen LogP contribution in [0.2, 0.25) is 0 Å². The second-order valence-electron chi connectivity index (χ2n) is 5.04. The van der Waals surface area contributed by atoms with Crippen molar-refractivity contribution >= 4 is 39.2 Å². The Morgan fingerprint density at radius 1 is 1.48 bits per heavy atom. The standard InChI is InChI=1S/C15H22BrClN2O2/c1-11-2-3-14(19(6-4-16)7-5-17)9-12(11)8-13(18)10-15(20)21/h2-3,9,13H,4-8,10,18H2,1H3,(H,20,21)/t13-/m1/s1. The van der Waals surface area contributed by atoms with Gasteiger partial charge in [0.15, 0.2) is 0 Å². The number of carboxylic acids is 1. The van der Waals surface area contributed by atoms with Crippen molar-refractivity contribution in [3.63, 3.8) is 0 Å². The lowest BCUT2D eigenvalue weighted by atomic mass is 9.99. The zero-order chi connectivity index (χ0) is 15.8. The summed E-state index contributed by atoms with van der Waals surface area (Å²) in [6.45, 7) is 3.66. The van der Waals surface area contributed by atoms with Crippen molar-refractivity contribution in [2.24, 2.45) is 5.73 Å². The van der Waals surface area contributed by atoms with Crippen LogP contribution in [0.4, 0.5) is 5.69 Å². The Bertz CT molecular complexity index is 465. The van der Waals surface area contributed by atoms with E-state index in [-0.39, 0.29) is 12.5 Å². The Morgan fingerprint density at radius 2 is 2.19 bits per heavy atom. The second kappa shape index (κ2) is 9.28. The number of halogens is 2. The van der Waals surface area contributed by atoms with Crippen LogP contribution in [0.5, 0.6) is 0 Å². The highest BCUT2D eigenvalue weighted by Gasteiger charge is 2.13. The molecule has 1 aromatic rings. The van der Waals surface area contributed by atoms with E-state index in [2.05, 4.69) is 33.0 Å². The molecular formula is C15H22BrClN2O2. The third-order valence-electron chi connectivity index (χ3n) is 3.33. The van der Waals surface area contributed by atoms with Gasteiger partial charge in [0.25, 0.3) is 0 Å². The highest BCUT2D eigenvalue weighted by Crippen LogP contribution is 2.21. The third-order valence-corrected chi connectivity index (χ3v) is 3.85. The summed E-state index contributed by atoms with van der Waals surface area (Å²) in [5.41, 5.74) is 9.21. The molecule has 4 nitrogen and oxygen atoms in total. The maximum absolute atomic E-state index is 10.7. The number of rotatable bonds is 9. The van der Waals surface area contributed by atoms with E-state index in [1.165, 1.54) is 0 Å². The molecule has 0 heterocycles. The first kappa shape index (κ1) is 18.3. The summed E-state index contributed by atoms with van der Waals surface area (Å²) in [6, 6.07) is 5.84. The number of nitrogens with two attached hydrogens (primary N) is 1. The molecule has 0 spiro atoms. The molecule has 118 valence electrons. The van der Waals surface area contributed by atoms with Gasteiger partial charge in [-0.1, -0.05) is 22.0 Å². The van der Waals surface area contributed by atoms with Crippen LogP contribution in [-0.2, 0) is 11.2 Å². The SMILES string of the molecule is Cc1ccc(N(CCCl)CCBr)cc1C[C@@H](N)CC(=O)O. The summed E-state index contributed by atoms with van der Waals surface area (Å²) in [5.74, 6) is -0.297. The van der Waals surface area contributed by atoms with Gasteiger partial charge in [-0.25, -0.2) is 0 Å². The number of hydrogen-bond donors (Lipinski definition) is 2. The van der Waals surface area contributed by atoms with Crippen molar-refractivity contribution in [2.75, 3.05) is 29.2 Å². The summed E-state index contributed by atoms with van der Waals surface area (Å²) in [6.07, 6.45) is 0.547. The molecule has 3 N–H and O–H groups in total. The van der Waals surface area contributed by atoms with Crippen LogP contribution in [0, 0.1) is 6.92 Å². The molecule has 1 aromatic carbocycles. The van der Waals surface area contributed by atoms with Gasteiger partial charge in [-0.3, -0.25) is 4.79 Å². The number of aliphatic carboxylic acids is 1. The molecular weight excluding hydrogens is 356 g/mol. The van der Waals surface area contributed by atoms with Gasteiger partial charge >= 0.3 is 5.97 Å². The fourth-order valence-corrected chi connectivity index (χ4v) is 2.86. The van der Waals surface area contributed by atoms with E-state index >= 15 is 0 Å². The number of aryl methyl sites for hydroxylation is 1. The minimum absolute atomic E-state index is 0.0174. The van der Waals surface area contributed by atoms with Crippen molar-refractivity contribution in [1.82, 2.24) is 0 Å². The molecule has 6 heteroatoms. The highest BCUT2D eigenvalue weighted by atomic mass is 79.9. The lowest BCUT2D eigenvalue weighted by molar-refractivity contribution is -0.137. The fourth-order valence-electron chi connectivity index (χ4n) is 2.23. The van der Waals surface area contributed by atoms with Gasteiger partial charge in [0.2, 0.25) is 0 Å². The second-order valence-corrected chi connectivity index (χ2v) is 6.21. The third kappa shape index (κ3) is 6.24. The molecule has 1 atom stereocenters. The average Bonchev–Trinajstić information content (AvgIpc) is 2.40. The van der Waals surface area contributed by atoms with Gasteiger partial charge in [0, 0.05) is 36.0 Å². The van der Waals surface area contributed by atoms with Crippen LogP contribution >= 0.6 is 27.5 Å². The van der Waals surface area contributed by atoms with Crippen LogP contribution in [0.15, 0.2) is 18.2 Å². The first-order valence-electron chi connectivity index (χ1n) is 6.91. The van der Waals surface area contributed by atoms with Crippen molar-refractivity contribution in [3.05, 3.63) is 29.3 Å². The monoisotopic (exact) mass is 376 g/mol. The molecule has 21 heavy (non-hydrogen) atoms. The number of carboxylic acid groups (broad SMARTS) is 1. The molecule has 0 bridgehead atoms. The molecule has 0 unspecified atom stereocenters. The Kier molecular flexibility index (Phi) is 8.07. The molecule has 0 radical (unpaired) electrons. The normalized spacial score (nSPS) is 12.2. The summed E-state index contributed by atoms with van der Waals surface area (Å²) in [7, 11) is 0. The summed E-state index contributed by atoms with van der Waals surface area (Å²) >= 11 is 9.30. The van der Waals surface area contributed by atoms with Gasteiger partial charge in [-0.15, -0.1) is 11.6 Å². The maximum Gasteiger partial charge on any atom is 0.304 e. The lowest BCUT2D eigenvalue weighted by Gasteiger charge is -2.24. The Labute approximate surface area is 139 Å². The van der Waals surface area contributed by atoms with E-state index in [1.807, 2.05) is 13.0 Å². The predicted molar refractivity (Wildman–Crippen MR) is 91.8 cm³/mol. The molecule has 0 saturated carbocycles. The van der Waals surface area contributed by atoms with Crippen LogP contribution in [0.25, 0.3) is 0 Å². The molecule has 0 amide bonds. The number of alkyl halides is 2. The summed E-state index contributed by atoms with van der Waals surface area (Å²) < 4.78 is 0. The Balaban J connectivity index is 2.89. The molecule has 0 aromatic heterocycles. The van der Waals surface area contributed by atoms with Gasteiger partial charge in [-0.2, -0.15) is 0 Å². The fraction of sp³-hybridized carbons (Fsp3) is 0.533. The number of anilines is 1. The van der Waals surface area contributed by atoms with E-state index in [0.717, 1.165) is 35.2 Å². The highest BCUT2D eigenvalue weighted by molar-refractivity contribution is 9.09. The zero-order valence-electron chi connectivity index (χ0n) is 12.2. The topological polar surface area (TPSA) is 66.6 Å². The minimum Gasteiger partial charge on any atom is -0.481 e. The zero-order valence-corrected chi connectivity index (χ0v) is 14.5. The van der Waals surface area contributed by atoms with E-state index in [9.17, 15) is 4.79 Å². The minimum atomic E-state index is -0.862. The van der Waals surface area contributed by atoms with E-state index < -0.39 is 5.97 Å². The van der Waals surface area contributed by atoms with Crippen LogP contribution in [0.3, 0.4) is 0 Å². The average molecular weight is 378 g/mol. The largest absolute Gasteiger partial charge is 0.481 e. The van der Waals surface area contributed by atoms with Gasteiger partial charge in [0.05, 0.1) is 6.42 Å². The molecule has 0 aliphatic rings. The quantitative estimate of drug-likeness (QED) is 0.649. The van der Waals surface area contributed by atoms with Crippen molar-refractivity contribution in [2.45, 2.75) is 25.8 Å². The molecule has 0 aliphatic carbocycles. The molecule has 0 aliphatic heterocycles. The predicted octanol–water partition coefficient (Wildman–Crippen LogP) is 2.78. The summed E-state index contributed by atoms with van der Waals surface area (Å²) in [4.78, 5) is 12.9. The molecule has 0 fully saturated rings. The van der Waals surface area contributed by atoms with Crippen LogP contribution < -0.4 is 10.6 Å². The number of nitrogens with zero attached hydrogens (tertiary/aromatic N) is 1. The number of benzene rings is 1. The van der Waals surface area contributed by atoms with Gasteiger partial charge in [0.1, 0.15) is 0 Å². The van der Waals surface area contributed by atoms with E-state index in [1.54, 1.807) is 0 Å². The Morgan fingerprint density at radius 3 is 2.76 bits per heavy atom. The van der Waals surface area contributed by atoms with Crippen molar-refractivity contribution in [3.8, 4) is 0 Å². The Hall–Kier alpha value is -0.780. The van der Waals surface area contributed by atoms with Crippen molar-refractivity contribution < 1.29 is 9.90 Å². The first-order chi connectivity index (χ1) is 9.97. The molecule has 0 saturated heterocycles. The van der Waals surface area contributed by atoms with Crippen LogP contribution in [-0.4, -0.2) is 41.4 Å². The lowest BCUT2D eigenvalue weighted by Crippen LogP contribution is -2.28.